The maximum atomic E-state index is 5.63. The molecule has 0 aliphatic carbocycles. The smallest absolute Gasteiger partial charge is 0.133 e. The van der Waals surface area contributed by atoms with Gasteiger partial charge in [0.05, 0.1) is 6.10 Å². The molecule has 1 aliphatic heterocycles. The fourth-order valence-electron chi connectivity index (χ4n) is 2.11. The second-order valence-electron chi connectivity index (χ2n) is 4.38. The lowest BCUT2D eigenvalue weighted by Gasteiger charge is -2.11. The van der Waals surface area contributed by atoms with Crippen molar-refractivity contribution in [1.29, 1.82) is 0 Å². The van der Waals surface area contributed by atoms with Gasteiger partial charge in [-0.1, -0.05) is 6.92 Å². The number of nitrogens with zero attached hydrogens (tertiary/aromatic N) is 2. The fraction of sp³-hybridized carbons (Fsp3) is 0.692. The number of ether oxygens (including phenoxy) is 1. The lowest BCUT2D eigenvalue weighted by atomic mass is 10.1. The van der Waals surface area contributed by atoms with Crippen LogP contribution in [-0.2, 0) is 17.6 Å². The van der Waals surface area contributed by atoms with Crippen molar-refractivity contribution in [3.05, 3.63) is 17.6 Å². The third-order valence-electron chi connectivity index (χ3n) is 2.98. The molecule has 94 valence electrons. The maximum absolute atomic E-state index is 5.63. The van der Waals surface area contributed by atoms with Gasteiger partial charge in [-0.2, -0.15) is 0 Å². The Kier molecular flexibility index (Phi) is 4.31. The topological polar surface area (TPSA) is 47.0 Å². The molecule has 4 heteroatoms. The number of nitrogens with one attached hydrogen (secondary N) is 1. The summed E-state index contributed by atoms with van der Waals surface area (Å²) in [6, 6.07) is 2.03. The molecule has 0 aromatic carbocycles. The molecule has 0 spiro atoms. The molecular formula is C13H21N3O. The molecule has 1 aromatic rings. The predicted molar refractivity (Wildman–Crippen MR) is 68.3 cm³/mol. The second kappa shape index (κ2) is 5.96. The zero-order chi connectivity index (χ0) is 12.1. The Balaban J connectivity index is 2.10. The fourth-order valence-corrected chi connectivity index (χ4v) is 2.11. The van der Waals surface area contributed by atoms with Gasteiger partial charge in [-0.25, -0.2) is 9.97 Å². The number of hydrogen-bond donors (Lipinski definition) is 1. The first-order valence-corrected chi connectivity index (χ1v) is 6.54. The molecule has 1 aromatic heterocycles. The normalized spacial score (nSPS) is 19.5. The number of hydrogen-bond acceptors (Lipinski definition) is 4. The Morgan fingerprint density at radius 3 is 2.94 bits per heavy atom. The predicted octanol–water partition coefficient (Wildman–Crippen LogP) is 2.19. The first-order valence-electron chi connectivity index (χ1n) is 6.54. The molecule has 2 heterocycles. The highest BCUT2D eigenvalue weighted by molar-refractivity contribution is 5.36. The Labute approximate surface area is 103 Å². The highest BCUT2D eigenvalue weighted by atomic mass is 16.5. The monoisotopic (exact) mass is 235 g/mol. The van der Waals surface area contributed by atoms with E-state index in [1.165, 1.54) is 0 Å². The van der Waals surface area contributed by atoms with Gasteiger partial charge in [-0.05, 0) is 26.2 Å². The molecule has 1 atom stereocenters. The van der Waals surface area contributed by atoms with Gasteiger partial charge in [0, 0.05) is 31.3 Å². The molecule has 1 unspecified atom stereocenters. The van der Waals surface area contributed by atoms with E-state index in [9.17, 15) is 0 Å². The van der Waals surface area contributed by atoms with Crippen molar-refractivity contribution in [3.8, 4) is 0 Å². The number of rotatable bonds is 5. The molecule has 2 rings (SSSR count). The summed E-state index contributed by atoms with van der Waals surface area (Å²) in [5.74, 6) is 1.85. The lowest BCUT2D eigenvalue weighted by Crippen LogP contribution is -2.13. The number of aromatic nitrogens is 2. The summed E-state index contributed by atoms with van der Waals surface area (Å²) in [6.45, 7) is 5.97. The minimum absolute atomic E-state index is 0.316. The summed E-state index contributed by atoms with van der Waals surface area (Å²) in [7, 11) is 0. The molecule has 17 heavy (non-hydrogen) atoms. The molecule has 0 radical (unpaired) electrons. The van der Waals surface area contributed by atoms with Gasteiger partial charge in [0.2, 0.25) is 0 Å². The van der Waals surface area contributed by atoms with Gasteiger partial charge in [0.1, 0.15) is 11.6 Å². The summed E-state index contributed by atoms with van der Waals surface area (Å²) < 4.78 is 5.63. The quantitative estimate of drug-likeness (QED) is 0.850. The van der Waals surface area contributed by atoms with E-state index in [0.717, 1.165) is 56.2 Å². The molecule has 0 amide bonds. The molecule has 1 fully saturated rings. The first kappa shape index (κ1) is 12.3. The minimum atomic E-state index is 0.316. The van der Waals surface area contributed by atoms with Crippen molar-refractivity contribution in [3.63, 3.8) is 0 Å². The van der Waals surface area contributed by atoms with Crippen LogP contribution in [0.5, 0.6) is 0 Å². The van der Waals surface area contributed by atoms with E-state index in [4.69, 9.17) is 4.74 Å². The van der Waals surface area contributed by atoms with Crippen molar-refractivity contribution >= 4 is 5.82 Å². The van der Waals surface area contributed by atoms with Gasteiger partial charge < -0.3 is 10.1 Å². The Morgan fingerprint density at radius 2 is 2.29 bits per heavy atom. The van der Waals surface area contributed by atoms with Crippen molar-refractivity contribution in [2.24, 2.45) is 0 Å². The molecule has 1 N–H and O–H groups in total. The standard InChI is InChI=1S/C13H21N3O/c1-3-10-8-12(14-4-2)16-13(15-10)9-11-6-5-7-17-11/h8,11H,3-7,9H2,1-2H3,(H,14,15,16). The van der Waals surface area contributed by atoms with E-state index in [1.54, 1.807) is 0 Å². The van der Waals surface area contributed by atoms with Gasteiger partial charge >= 0.3 is 0 Å². The zero-order valence-electron chi connectivity index (χ0n) is 10.7. The van der Waals surface area contributed by atoms with Gasteiger partial charge in [0.15, 0.2) is 0 Å². The third kappa shape index (κ3) is 3.40. The largest absolute Gasteiger partial charge is 0.378 e. The van der Waals surface area contributed by atoms with Crippen molar-refractivity contribution in [1.82, 2.24) is 9.97 Å². The van der Waals surface area contributed by atoms with Crippen molar-refractivity contribution in [2.75, 3.05) is 18.5 Å². The molecular weight excluding hydrogens is 214 g/mol. The summed E-state index contributed by atoms with van der Waals surface area (Å²) in [5.41, 5.74) is 1.10. The average Bonchev–Trinajstić information content (AvgIpc) is 2.82. The van der Waals surface area contributed by atoms with Gasteiger partial charge in [-0.15, -0.1) is 0 Å². The van der Waals surface area contributed by atoms with Crippen LogP contribution in [0.15, 0.2) is 6.07 Å². The summed E-state index contributed by atoms with van der Waals surface area (Å²) in [6.07, 6.45) is 4.40. The van der Waals surface area contributed by atoms with Crippen LogP contribution < -0.4 is 5.32 Å². The number of aryl methyl sites for hydroxylation is 1. The van der Waals surface area contributed by atoms with Crippen LogP contribution in [-0.4, -0.2) is 29.2 Å². The summed E-state index contributed by atoms with van der Waals surface area (Å²) >= 11 is 0. The maximum Gasteiger partial charge on any atom is 0.133 e. The Hall–Kier alpha value is -1.16. The van der Waals surface area contributed by atoms with Crippen LogP contribution in [0.4, 0.5) is 5.82 Å². The van der Waals surface area contributed by atoms with E-state index >= 15 is 0 Å². The van der Waals surface area contributed by atoms with E-state index in [2.05, 4.69) is 29.1 Å². The van der Waals surface area contributed by atoms with Crippen LogP contribution in [0.1, 0.15) is 38.2 Å². The van der Waals surface area contributed by atoms with Crippen LogP contribution in [0.2, 0.25) is 0 Å². The minimum Gasteiger partial charge on any atom is -0.378 e. The average molecular weight is 235 g/mol. The number of anilines is 1. The van der Waals surface area contributed by atoms with Crippen molar-refractivity contribution < 1.29 is 4.74 Å². The molecule has 1 saturated heterocycles. The van der Waals surface area contributed by atoms with E-state index < -0.39 is 0 Å². The first-order chi connectivity index (χ1) is 8.31. The third-order valence-corrected chi connectivity index (χ3v) is 2.98. The summed E-state index contributed by atoms with van der Waals surface area (Å²) in [4.78, 5) is 9.10. The van der Waals surface area contributed by atoms with Gasteiger partial charge in [0.25, 0.3) is 0 Å². The molecule has 1 aliphatic rings. The Morgan fingerprint density at radius 1 is 1.41 bits per heavy atom. The van der Waals surface area contributed by atoms with Gasteiger partial charge in [-0.3, -0.25) is 0 Å². The Bertz CT molecular complexity index is 362. The summed E-state index contributed by atoms with van der Waals surface area (Å²) in [5, 5.41) is 3.26. The molecule has 0 bridgehead atoms. The van der Waals surface area contributed by atoms with Crippen LogP contribution in [0, 0.1) is 0 Å². The van der Waals surface area contributed by atoms with Crippen LogP contribution in [0.25, 0.3) is 0 Å². The van der Waals surface area contributed by atoms with E-state index in [1.807, 2.05) is 6.07 Å². The molecule has 0 saturated carbocycles. The van der Waals surface area contributed by atoms with E-state index in [0.29, 0.717) is 6.10 Å². The van der Waals surface area contributed by atoms with Crippen LogP contribution in [0.3, 0.4) is 0 Å². The van der Waals surface area contributed by atoms with E-state index in [-0.39, 0.29) is 0 Å². The van der Waals surface area contributed by atoms with Crippen LogP contribution >= 0.6 is 0 Å². The highest BCUT2D eigenvalue weighted by Gasteiger charge is 2.17. The lowest BCUT2D eigenvalue weighted by molar-refractivity contribution is 0.110. The molecule has 4 nitrogen and oxygen atoms in total. The highest BCUT2D eigenvalue weighted by Crippen LogP contribution is 2.17. The zero-order valence-corrected chi connectivity index (χ0v) is 10.7. The SMILES string of the molecule is CCNc1cc(CC)nc(CC2CCCO2)n1. The second-order valence-corrected chi connectivity index (χ2v) is 4.38. The van der Waals surface area contributed by atoms with Crippen molar-refractivity contribution in [2.45, 2.75) is 45.6 Å².